The van der Waals surface area contributed by atoms with Gasteiger partial charge in [-0.2, -0.15) is 9.97 Å². The molecule has 188 valence electrons. The first-order valence-corrected chi connectivity index (χ1v) is 13.1. The third kappa shape index (κ3) is 3.58. The second-order valence-electron chi connectivity index (χ2n) is 9.56. The standard InChI is InChI=1S/C34H21N5O/c1-4-12-22(13-5-1)31-36-32(23-14-6-2-7-15-23)38-34(37-31)39-28-19-11-10-18-25(28)26-20-21-27-30(29(26)39)40-33(35-27)24-16-8-3-9-17-24/h1-21H. The molecular weight excluding hydrogens is 494 g/mol. The van der Waals surface area contributed by atoms with E-state index in [4.69, 9.17) is 24.4 Å². The van der Waals surface area contributed by atoms with Crippen molar-refractivity contribution in [2.24, 2.45) is 0 Å². The SMILES string of the molecule is c1ccc(-c2nc(-c3ccccc3)nc(-n3c4ccccc4c4ccc5nc(-c6ccccc6)oc5c43)n2)cc1. The minimum Gasteiger partial charge on any atom is -0.434 e. The Morgan fingerprint density at radius 1 is 0.475 bits per heavy atom. The second-order valence-corrected chi connectivity index (χ2v) is 9.56. The van der Waals surface area contributed by atoms with Gasteiger partial charge in [-0.25, -0.2) is 9.97 Å². The normalized spacial score (nSPS) is 11.5. The monoisotopic (exact) mass is 515 g/mol. The highest BCUT2D eigenvalue weighted by molar-refractivity contribution is 6.16. The van der Waals surface area contributed by atoms with Crippen molar-refractivity contribution in [1.29, 1.82) is 0 Å². The van der Waals surface area contributed by atoms with Crippen molar-refractivity contribution in [3.8, 4) is 40.2 Å². The Hall–Kier alpha value is -5.62. The second kappa shape index (κ2) is 8.99. The van der Waals surface area contributed by atoms with Gasteiger partial charge in [0.25, 0.3) is 0 Å². The van der Waals surface area contributed by atoms with Gasteiger partial charge in [-0.05, 0) is 30.3 Å². The molecule has 0 radical (unpaired) electrons. The summed E-state index contributed by atoms with van der Waals surface area (Å²) >= 11 is 0. The molecule has 0 amide bonds. The number of hydrogen-bond donors (Lipinski definition) is 0. The summed E-state index contributed by atoms with van der Waals surface area (Å²) < 4.78 is 8.56. The molecule has 0 aliphatic heterocycles. The zero-order valence-electron chi connectivity index (χ0n) is 21.3. The lowest BCUT2D eigenvalue weighted by molar-refractivity contribution is 0.621. The van der Waals surface area contributed by atoms with Crippen LogP contribution in [0.5, 0.6) is 0 Å². The smallest absolute Gasteiger partial charge is 0.238 e. The molecular formula is C34H21N5O. The summed E-state index contributed by atoms with van der Waals surface area (Å²) in [7, 11) is 0. The van der Waals surface area contributed by atoms with Crippen molar-refractivity contribution in [1.82, 2.24) is 24.5 Å². The van der Waals surface area contributed by atoms with Gasteiger partial charge in [0.05, 0.1) is 5.52 Å². The average Bonchev–Trinajstić information content (AvgIpc) is 3.62. The maximum Gasteiger partial charge on any atom is 0.238 e. The number of nitrogens with zero attached hydrogens (tertiary/aromatic N) is 5. The summed E-state index contributed by atoms with van der Waals surface area (Å²) in [5.74, 6) is 2.30. The van der Waals surface area contributed by atoms with Gasteiger partial charge in [-0.15, -0.1) is 0 Å². The van der Waals surface area contributed by atoms with Crippen LogP contribution in [-0.2, 0) is 0 Å². The molecule has 0 N–H and O–H groups in total. The van der Waals surface area contributed by atoms with Crippen LogP contribution >= 0.6 is 0 Å². The highest BCUT2D eigenvalue weighted by Gasteiger charge is 2.22. The Balaban J connectivity index is 1.47. The molecule has 6 heteroatoms. The van der Waals surface area contributed by atoms with E-state index in [1.165, 1.54) is 0 Å². The Morgan fingerprint density at radius 2 is 1.05 bits per heavy atom. The van der Waals surface area contributed by atoms with Crippen LogP contribution < -0.4 is 0 Å². The predicted molar refractivity (Wildman–Crippen MR) is 158 cm³/mol. The molecule has 3 aromatic heterocycles. The van der Waals surface area contributed by atoms with Gasteiger partial charge in [-0.1, -0.05) is 97.1 Å². The minimum atomic E-state index is 0.518. The van der Waals surface area contributed by atoms with E-state index in [0.29, 0.717) is 29.1 Å². The highest BCUT2D eigenvalue weighted by atomic mass is 16.3. The summed E-state index contributed by atoms with van der Waals surface area (Å²) in [4.78, 5) is 19.8. The fraction of sp³-hybridized carbons (Fsp3) is 0. The lowest BCUT2D eigenvalue weighted by atomic mass is 10.1. The van der Waals surface area contributed by atoms with E-state index in [1.807, 2.05) is 109 Å². The fourth-order valence-corrected chi connectivity index (χ4v) is 5.24. The van der Waals surface area contributed by atoms with E-state index in [1.54, 1.807) is 0 Å². The first-order valence-electron chi connectivity index (χ1n) is 13.1. The zero-order chi connectivity index (χ0) is 26.5. The van der Waals surface area contributed by atoms with Crippen LogP contribution in [0.4, 0.5) is 0 Å². The van der Waals surface area contributed by atoms with Crippen LogP contribution in [0.1, 0.15) is 0 Å². The number of aromatic nitrogens is 5. The summed E-state index contributed by atoms with van der Waals surface area (Å²) in [5.41, 5.74) is 6.07. The van der Waals surface area contributed by atoms with Crippen LogP contribution in [0.2, 0.25) is 0 Å². The molecule has 40 heavy (non-hydrogen) atoms. The van der Waals surface area contributed by atoms with Gasteiger partial charge in [0.15, 0.2) is 17.2 Å². The molecule has 0 aliphatic carbocycles. The highest BCUT2D eigenvalue weighted by Crippen LogP contribution is 2.38. The first-order chi connectivity index (χ1) is 19.8. The number of oxazole rings is 1. The molecule has 8 rings (SSSR count). The summed E-state index contributed by atoms with van der Waals surface area (Å²) in [6.07, 6.45) is 0. The van der Waals surface area contributed by atoms with Crippen molar-refractivity contribution in [2.75, 3.05) is 0 Å². The third-order valence-electron chi connectivity index (χ3n) is 7.10. The lowest BCUT2D eigenvalue weighted by Gasteiger charge is -2.10. The van der Waals surface area contributed by atoms with Gasteiger partial charge in [0.2, 0.25) is 11.8 Å². The zero-order valence-corrected chi connectivity index (χ0v) is 21.3. The van der Waals surface area contributed by atoms with Gasteiger partial charge in [-0.3, -0.25) is 4.57 Å². The van der Waals surface area contributed by atoms with Crippen molar-refractivity contribution in [3.05, 3.63) is 127 Å². The molecule has 0 bridgehead atoms. The maximum atomic E-state index is 6.49. The Bertz CT molecular complexity index is 2090. The summed E-state index contributed by atoms with van der Waals surface area (Å²) in [5, 5.41) is 2.13. The number of fused-ring (bicyclic) bond motifs is 5. The van der Waals surface area contributed by atoms with Gasteiger partial charge in [0, 0.05) is 27.5 Å². The summed E-state index contributed by atoms with van der Waals surface area (Å²) in [6.45, 7) is 0. The van der Waals surface area contributed by atoms with E-state index in [2.05, 4.69) is 22.8 Å². The molecule has 0 unspecified atom stereocenters. The molecule has 0 saturated heterocycles. The van der Waals surface area contributed by atoms with Gasteiger partial charge >= 0.3 is 0 Å². The molecule has 0 saturated carbocycles. The first kappa shape index (κ1) is 22.4. The number of benzene rings is 5. The van der Waals surface area contributed by atoms with E-state index < -0.39 is 0 Å². The van der Waals surface area contributed by atoms with Crippen LogP contribution in [0.25, 0.3) is 73.1 Å². The molecule has 6 nitrogen and oxygen atoms in total. The largest absolute Gasteiger partial charge is 0.434 e. The topological polar surface area (TPSA) is 69.6 Å². The molecule has 0 fully saturated rings. The van der Waals surface area contributed by atoms with Gasteiger partial charge < -0.3 is 4.42 Å². The number of para-hydroxylation sites is 1. The molecule has 0 atom stereocenters. The van der Waals surface area contributed by atoms with E-state index in [0.717, 1.165) is 44.0 Å². The minimum absolute atomic E-state index is 0.518. The van der Waals surface area contributed by atoms with Crippen LogP contribution in [-0.4, -0.2) is 24.5 Å². The van der Waals surface area contributed by atoms with Crippen molar-refractivity contribution < 1.29 is 4.42 Å². The fourth-order valence-electron chi connectivity index (χ4n) is 5.24. The molecule has 0 aliphatic rings. The molecule has 5 aromatic carbocycles. The quantitative estimate of drug-likeness (QED) is 0.237. The summed E-state index contributed by atoms with van der Waals surface area (Å²) in [6, 6.07) is 42.3. The van der Waals surface area contributed by atoms with Crippen LogP contribution in [0.3, 0.4) is 0 Å². The number of rotatable bonds is 4. The van der Waals surface area contributed by atoms with Crippen molar-refractivity contribution in [3.63, 3.8) is 0 Å². The third-order valence-corrected chi connectivity index (χ3v) is 7.10. The maximum absolute atomic E-state index is 6.49. The van der Waals surface area contributed by atoms with Crippen molar-refractivity contribution >= 4 is 32.9 Å². The Morgan fingerprint density at radius 3 is 1.70 bits per heavy atom. The molecule has 0 spiro atoms. The van der Waals surface area contributed by atoms with Crippen molar-refractivity contribution in [2.45, 2.75) is 0 Å². The molecule has 3 heterocycles. The Labute approximate surface area is 229 Å². The van der Waals surface area contributed by atoms with E-state index >= 15 is 0 Å². The van der Waals surface area contributed by atoms with Gasteiger partial charge in [0.1, 0.15) is 11.0 Å². The van der Waals surface area contributed by atoms with Crippen LogP contribution in [0, 0.1) is 0 Å². The lowest BCUT2D eigenvalue weighted by Crippen LogP contribution is -2.06. The average molecular weight is 516 g/mol. The van der Waals surface area contributed by atoms with E-state index in [-0.39, 0.29) is 0 Å². The van der Waals surface area contributed by atoms with E-state index in [9.17, 15) is 0 Å². The molecule has 8 aromatic rings. The Kier molecular flexibility index (Phi) is 5.03. The predicted octanol–water partition coefficient (Wildman–Crippen LogP) is 8.11. The number of hydrogen-bond acceptors (Lipinski definition) is 5. The van der Waals surface area contributed by atoms with Crippen LogP contribution in [0.15, 0.2) is 132 Å².